The maximum Gasteiger partial charge on any atom is 0.292 e. The number of nitrogens with zero attached hydrogens (tertiary/aromatic N) is 5. The van der Waals surface area contributed by atoms with Crippen LogP contribution in [0.4, 0.5) is 5.69 Å². The lowest BCUT2D eigenvalue weighted by Crippen LogP contribution is -2.48. The quantitative estimate of drug-likeness (QED) is 0.570. The molecule has 0 N–H and O–H groups in total. The van der Waals surface area contributed by atoms with Gasteiger partial charge in [-0.3, -0.25) is 14.8 Å². The largest absolute Gasteiger partial charge is 0.292 e. The maximum absolute atomic E-state index is 12.9. The molecule has 0 unspecified atom stereocenters. The number of anilines is 1. The van der Waals surface area contributed by atoms with Crippen molar-refractivity contribution < 1.29 is 4.79 Å². The average molecular weight is 451 g/mol. The Labute approximate surface area is 155 Å². The molecule has 0 bridgehead atoms. The van der Waals surface area contributed by atoms with Crippen LogP contribution >= 0.6 is 31.9 Å². The fourth-order valence-electron chi connectivity index (χ4n) is 2.86. The molecule has 0 saturated heterocycles. The van der Waals surface area contributed by atoms with Crippen LogP contribution in [-0.4, -0.2) is 39.1 Å². The molecular formula is C16H13Br2N5O. The van der Waals surface area contributed by atoms with Crippen molar-refractivity contribution in [1.82, 2.24) is 19.6 Å². The molecule has 0 saturated carbocycles. The summed E-state index contributed by atoms with van der Waals surface area (Å²) in [6, 6.07) is 7.63. The number of amides is 1. The van der Waals surface area contributed by atoms with Crippen molar-refractivity contribution in [3.05, 3.63) is 57.0 Å². The van der Waals surface area contributed by atoms with Gasteiger partial charge in [-0.1, -0.05) is 0 Å². The molecule has 0 aromatic carbocycles. The summed E-state index contributed by atoms with van der Waals surface area (Å²) < 4.78 is 3.50. The fourth-order valence-corrected chi connectivity index (χ4v) is 3.50. The Balaban J connectivity index is 1.68. The van der Waals surface area contributed by atoms with Gasteiger partial charge in [-0.2, -0.15) is 5.10 Å². The number of carbonyl (C=O) groups is 1. The maximum atomic E-state index is 12.9. The number of hydrogen-bond acceptors (Lipinski definition) is 4. The standard InChI is InChI=1S/C16H13Br2N5O/c1-21-15-6-11(18)8-19-13(15)4-5-23(21)16(24)14-7-12-3-2-10(17)9-22(12)20-14/h2-3,6-9H,4-5H2,1H3. The Kier molecular flexibility index (Phi) is 3.80. The Morgan fingerprint density at radius 2 is 2.04 bits per heavy atom. The lowest BCUT2D eigenvalue weighted by molar-refractivity contribution is 0.0731. The van der Waals surface area contributed by atoms with Gasteiger partial charge in [0.25, 0.3) is 5.91 Å². The van der Waals surface area contributed by atoms with E-state index in [0.29, 0.717) is 12.2 Å². The normalized spacial score (nSPS) is 14.1. The topological polar surface area (TPSA) is 53.7 Å². The molecule has 1 amide bonds. The van der Waals surface area contributed by atoms with Crippen LogP contribution in [0.3, 0.4) is 0 Å². The molecule has 0 aliphatic carbocycles. The molecule has 0 atom stereocenters. The van der Waals surface area contributed by atoms with Crippen molar-refractivity contribution in [3.63, 3.8) is 0 Å². The third-order valence-electron chi connectivity index (χ3n) is 4.06. The predicted molar refractivity (Wildman–Crippen MR) is 98.0 cm³/mol. The fraction of sp³-hybridized carbons (Fsp3) is 0.188. The van der Waals surface area contributed by atoms with Gasteiger partial charge in [0.2, 0.25) is 0 Å². The van der Waals surface area contributed by atoms with E-state index in [1.54, 1.807) is 21.8 Å². The van der Waals surface area contributed by atoms with Crippen molar-refractivity contribution >= 4 is 49.0 Å². The molecule has 4 rings (SSSR count). The summed E-state index contributed by atoms with van der Waals surface area (Å²) in [5, 5.41) is 7.95. The molecule has 122 valence electrons. The molecule has 3 aromatic rings. The number of pyridine rings is 2. The molecule has 4 heterocycles. The predicted octanol–water partition coefficient (Wildman–Crippen LogP) is 3.30. The molecule has 6 nitrogen and oxygen atoms in total. The molecule has 24 heavy (non-hydrogen) atoms. The van der Waals surface area contributed by atoms with Gasteiger partial charge in [-0.15, -0.1) is 0 Å². The van der Waals surface area contributed by atoms with Gasteiger partial charge in [0.1, 0.15) is 0 Å². The zero-order valence-electron chi connectivity index (χ0n) is 12.8. The van der Waals surface area contributed by atoms with Crippen molar-refractivity contribution in [2.75, 3.05) is 18.6 Å². The zero-order chi connectivity index (χ0) is 16.8. The molecule has 1 aliphatic rings. The highest BCUT2D eigenvalue weighted by Crippen LogP contribution is 2.28. The van der Waals surface area contributed by atoms with Gasteiger partial charge in [0.15, 0.2) is 5.69 Å². The summed E-state index contributed by atoms with van der Waals surface area (Å²) >= 11 is 6.85. The highest BCUT2D eigenvalue weighted by atomic mass is 79.9. The summed E-state index contributed by atoms with van der Waals surface area (Å²) in [7, 11) is 1.87. The number of rotatable bonds is 1. The third kappa shape index (κ3) is 2.59. The molecule has 0 fully saturated rings. The van der Waals surface area contributed by atoms with Crippen LogP contribution in [0.25, 0.3) is 5.52 Å². The average Bonchev–Trinajstić information content (AvgIpc) is 2.98. The van der Waals surface area contributed by atoms with Crippen LogP contribution < -0.4 is 5.01 Å². The summed E-state index contributed by atoms with van der Waals surface area (Å²) in [6.45, 7) is 0.578. The minimum atomic E-state index is -0.122. The molecule has 0 radical (unpaired) electrons. The van der Waals surface area contributed by atoms with Crippen LogP contribution in [0.5, 0.6) is 0 Å². The molecule has 0 spiro atoms. The summed E-state index contributed by atoms with van der Waals surface area (Å²) in [4.78, 5) is 17.4. The SMILES string of the molecule is CN1c2cc(Br)cnc2CCN1C(=O)c1cc2ccc(Br)cn2n1. The van der Waals surface area contributed by atoms with E-state index in [2.05, 4.69) is 41.9 Å². The van der Waals surface area contributed by atoms with E-state index in [1.165, 1.54) is 0 Å². The molecule has 8 heteroatoms. The second-order valence-corrected chi connectivity index (χ2v) is 7.40. The van der Waals surface area contributed by atoms with E-state index in [9.17, 15) is 4.79 Å². The van der Waals surface area contributed by atoms with Crippen LogP contribution in [-0.2, 0) is 6.42 Å². The number of carbonyl (C=O) groups excluding carboxylic acids is 1. The summed E-state index contributed by atoms with van der Waals surface area (Å²) in [5.41, 5.74) is 3.22. The zero-order valence-corrected chi connectivity index (χ0v) is 16.0. The van der Waals surface area contributed by atoms with Gasteiger partial charge in [-0.25, -0.2) is 9.52 Å². The van der Waals surface area contributed by atoms with Crippen molar-refractivity contribution in [2.24, 2.45) is 0 Å². The highest BCUT2D eigenvalue weighted by molar-refractivity contribution is 9.10. The Morgan fingerprint density at radius 3 is 2.88 bits per heavy atom. The number of fused-ring (bicyclic) bond motifs is 2. The summed E-state index contributed by atoms with van der Waals surface area (Å²) in [6.07, 6.45) is 4.34. The lowest BCUT2D eigenvalue weighted by atomic mass is 10.2. The van der Waals surface area contributed by atoms with Crippen LogP contribution in [0.15, 0.2) is 45.6 Å². The van der Waals surface area contributed by atoms with Crippen molar-refractivity contribution in [3.8, 4) is 0 Å². The number of halogens is 2. The van der Waals surface area contributed by atoms with Gasteiger partial charge >= 0.3 is 0 Å². The van der Waals surface area contributed by atoms with E-state index < -0.39 is 0 Å². The van der Waals surface area contributed by atoms with Crippen LogP contribution in [0, 0.1) is 0 Å². The van der Waals surface area contributed by atoms with Gasteiger partial charge in [0.05, 0.1) is 16.9 Å². The third-order valence-corrected chi connectivity index (χ3v) is 4.97. The van der Waals surface area contributed by atoms with Gasteiger partial charge in [-0.05, 0) is 56.1 Å². The molecule has 1 aliphatic heterocycles. The lowest BCUT2D eigenvalue weighted by Gasteiger charge is -2.37. The van der Waals surface area contributed by atoms with E-state index in [1.807, 2.05) is 36.5 Å². The minimum Gasteiger partial charge on any atom is -0.284 e. The summed E-state index contributed by atoms with van der Waals surface area (Å²) in [5.74, 6) is -0.122. The number of hydrogen-bond donors (Lipinski definition) is 0. The van der Waals surface area contributed by atoms with Crippen molar-refractivity contribution in [2.45, 2.75) is 6.42 Å². The second-order valence-electron chi connectivity index (χ2n) is 5.57. The van der Waals surface area contributed by atoms with Crippen LogP contribution in [0.2, 0.25) is 0 Å². The Bertz CT molecular complexity index is 955. The van der Waals surface area contributed by atoms with E-state index in [4.69, 9.17) is 0 Å². The first-order valence-corrected chi connectivity index (χ1v) is 8.96. The number of aromatic nitrogens is 3. The molecule has 3 aromatic heterocycles. The smallest absolute Gasteiger partial charge is 0.284 e. The van der Waals surface area contributed by atoms with Gasteiger partial charge < -0.3 is 0 Å². The highest BCUT2D eigenvalue weighted by Gasteiger charge is 2.28. The van der Waals surface area contributed by atoms with Crippen molar-refractivity contribution in [1.29, 1.82) is 0 Å². The van der Waals surface area contributed by atoms with E-state index in [0.717, 1.165) is 32.3 Å². The first kappa shape index (κ1) is 15.6. The minimum absolute atomic E-state index is 0.122. The first-order valence-electron chi connectivity index (χ1n) is 7.38. The van der Waals surface area contributed by atoms with E-state index in [-0.39, 0.29) is 5.91 Å². The second kappa shape index (κ2) is 5.86. The first-order chi connectivity index (χ1) is 11.5. The van der Waals surface area contributed by atoms with E-state index >= 15 is 0 Å². The number of hydrazine groups is 1. The van der Waals surface area contributed by atoms with Gasteiger partial charge in [0, 0.05) is 41.4 Å². The Morgan fingerprint density at radius 1 is 1.21 bits per heavy atom. The molecular weight excluding hydrogens is 438 g/mol. The van der Waals surface area contributed by atoms with Crippen LogP contribution in [0.1, 0.15) is 16.2 Å². The Hall–Kier alpha value is -1.93. The monoisotopic (exact) mass is 449 g/mol.